The largest absolute Gasteiger partial charge is 0.332 e. The maximum Gasteiger partial charge on any atom is 0.322 e. The van der Waals surface area contributed by atoms with Crippen molar-refractivity contribution in [2.45, 2.75) is 33.7 Å². The molecule has 0 atom stereocenters. The molecule has 1 aliphatic heterocycles. The molecule has 0 aliphatic carbocycles. The molecule has 3 heterocycles. The lowest BCUT2D eigenvalue weighted by molar-refractivity contribution is 0.217. The van der Waals surface area contributed by atoms with E-state index < -0.39 is 0 Å². The smallest absolute Gasteiger partial charge is 0.322 e. The first kappa shape index (κ1) is 18.3. The zero-order valence-electron chi connectivity index (χ0n) is 16.7. The number of anilines is 1. The van der Waals surface area contributed by atoms with Crippen molar-refractivity contribution in [1.82, 2.24) is 14.5 Å². The van der Waals surface area contributed by atoms with Crippen molar-refractivity contribution in [3.63, 3.8) is 0 Å². The van der Waals surface area contributed by atoms with E-state index >= 15 is 0 Å². The number of pyridine rings is 1. The molecule has 3 aromatic rings. The number of aryl methyl sites for hydroxylation is 3. The molecule has 144 valence electrons. The number of hydrogen-bond acceptors (Lipinski definition) is 2. The van der Waals surface area contributed by atoms with Crippen LogP contribution in [0.5, 0.6) is 0 Å². The highest BCUT2D eigenvalue weighted by Gasteiger charge is 2.20. The van der Waals surface area contributed by atoms with E-state index in [-0.39, 0.29) is 6.03 Å². The maximum atomic E-state index is 12.6. The Kier molecular flexibility index (Phi) is 4.90. The molecule has 1 aliphatic rings. The Morgan fingerprint density at radius 3 is 2.79 bits per heavy atom. The zero-order valence-corrected chi connectivity index (χ0v) is 16.7. The van der Waals surface area contributed by atoms with Crippen LogP contribution in [0.1, 0.15) is 30.0 Å². The van der Waals surface area contributed by atoms with E-state index in [1.165, 1.54) is 27.6 Å². The van der Waals surface area contributed by atoms with Crippen LogP contribution in [-0.4, -0.2) is 33.6 Å². The van der Waals surface area contributed by atoms with Gasteiger partial charge in [0.05, 0.1) is 0 Å². The Morgan fingerprint density at radius 1 is 1.21 bits per heavy atom. The van der Waals surface area contributed by atoms with Crippen molar-refractivity contribution in [2.24, 2.45) is 0 Å². The zero-order chi connectivity index (χ0) is 19.7. The van der Waals surface area contributed by atoms with Crippen molar-refractivity contribution in [2.75, 3.05) is 18.4 Å². The number of nitrogens with one attached hydrogen (secondary N) is 1. The number of nitrogens with zero attached hydrogens (tertiary/aromatic N) is 3. The third kappa shape index (κ3) is 3.40. The molecule has 1 aromatic carbocycles. The summed E-state index contributed by atoms with van der Waals surface area (Å²) >= 11 is 0. The maximum absolute atomic E-state index is 12.6. The summed E-state index contributed by atoms with van der Waals surface area (Å²) in [6, 6.07) is 10.1. The standard InChI is InChI=1S/C23H26N4O/c1-4-26-15-21(20-6-5-11-24-22(20)26)18-9-12-27(13-10-18)23(28)25-19-8-7-16(2)17(3)14-19/h5-9,11,14-15H,4,10,12-13H2,1-3H3,(H,25,28). The molecule has 0 saturated heterocycles. The summed E-state index contributed by atoms with van der Waals surface area (Å²) in [4.78, 5) is 19.0. The summed E-state index contributed by atoms with van der Waals surface area (Å²) in [5.74, 6) is 0. The molecule has 0 saturated carbocycles. The molecule has 2 aromatic heterocycles. The number of urea groups is 1. The monoisotopic (exact) mass is 374 g/mol. The number of benzene rings is 1. The first-order valence-electron chi connectivity index (χ1n) is 9.83. The molecule has 0 radical (unpaired) electrons. The quantitative estimate of drug-likeness (QED) is 0.702. The number of carbonyl (C=O) groups is 1. The average Bonchev–Trinajstić information content (AvgIpc) is 3.10. The van der Waals surface area contributed by atoms with Crippen LogP contribution in [-0.2, 0) is 6.54 Å². The summed E-state index contributed by atoms with van der Waals surface area (Å²) in [5.41, 5.74) is 6.80. The van der Waals surface area contributed by atoms with E-state index in [2.05, 4.69) is 54.0 Å². The van der Waals surface area contributed by atoms with Crippen LogP contribution >= 0.6 is 0 Å². The van der Waals surface area contributed by atoms with Crippen molar-refractivity contribution in [1.29, 1.82) is 0 Å². The average molecular weight is 374 g/mol. The number of amides is 2. The molecule has 28 heavy (non-hydrogen) atoms. The number of aromatic nitrogens is 2. The highest BCUT2D eigenvalue weighted by atomic mass is 16.2. The molecular weight excluding hydrogens is 348 g/mol. The van der Waals surface area contributed by atoms with Gasteiger partial charge in [0.2, 0.25) is 0 Å². The summed E-state index contributed by atoms with van der Waals surface area (Å²) < 4.78 is 2.18. The van der Waals surface area contributed by atoms with Crippen LogP contribution < -0.4 is 5.32 Å². The van der Waals surface area contributed by atoms with Crippen molar-refractivity contribution in [3.8, 4) is 0 Å². The van der Waals surface area contributed by atoms with E-state index in [0.717, 1.165) is 24.3 Å². The molecule has 0 spiro atoms. The Balaban J connectivity index is 1.50. The Hall–Kier alpha value is -3.08. The third-order valence-corrected chi connectivity index (χ3v) is 5.58. The molecule has 5 nitrogen and oxygen atoms in total. The highest BCUT2D eigenvalue weighted by Crippen LogP contribution is 2.30. The van der Waals surface area contributed by atoms with Crippen molar-refractivity contribution < 1.29 is 4.79 Å². The molecule has 0 unspecified atom stereocenters. The van der Waals surface area contributed by atoms with Gasteiger partial charge in [0.25, 0.3) is 0 Å². The van der Waals surface area contributed by atoms with Crippen LogP contribution in [0.15, 0.2) is 48.8 Å². The van der Waals surface area contributed by atoms with Crippen LogP contribution in [0.25, 0.3) is 16.6 Å². The minimum absolute atomic E-state index is 0.0452. The van der Waals surface area contributed by atoms with Crippen LogP contribution in [0, 0.1) is 13.8 Å². The summed E-state index contributed by atoms with van der Waals surface area (Å²) in [7, 11) is 0. The molecule has 1 N–H and O–H groups in total. The van der Waals surface area contributed by atoms with E-state index in [1.54, 1.807) is 0 Å². The first-order chi connectivity index (χ1) is 13.6. The van der Waals surface area contributed by atoms with Crippen LogP contribution in [0.2, 0.25) is 0 Å². The summed E-state index contributed by atoms with van der Waals surface area (Å²) in [5, 5.41) is 4.20. The Bertz CT molecular complexity index is 1060. The van der Waals surface area contributed by atoms with Gasteiger partial charge in [-0.3, -0.25) is 0 Å². The first-order valence-corrected chi connectivity index (χ1v) is 9.83. The number of hydrogen-bond donors (Lipinski definition) is 1. The molecule has 0 bridgehead atoms. The summed E-state index contributed by atoms with van der Waals surface area (Å²) in [6.07, 6.45) is 7.05. The van der Waals surface area contributed by atoms with Gasteiger partial charge in [0.15, 0.2) is 0 Å². The van der Waals surface area contributed by atoms with E-state index in [9.17, 15) is 4.79 Å². The minimum Gasteiger partial charge on any atom is -0.332 e. The van der Waals surface area contributed by atoms with Gasteiger partial charge in [0.1, 0.15) is 5.65 Å². The van der Waals surface area contributed by atoms with Gasteiger partial charge in [-0.05, 0) is 68.2 Å². The Morgan fingerprint density at radius 2 is 2.07 bits per heavy atom. The van der Waals surface area contributed by atoms with Gasteiger partial charge in [-0.2, -0.15) is 0 Å². The second kappa shape index (κ2) is 7.50. The van der Waals surface area contributed by atoms with E-state index in [1.807, 2.05) is 35.4 Å². The summed E-state index contributed by atoms with van der Waals surface area (Å²) in [6.45, 7) is 8.48. The van der Waals surface area contributed by atoms with Gasteiger partial charge in [-0.1, -0.05) is 12.1 Å². The normalized spacial score (nSPS) is 14.2. The molecular formula is C23H26N4O. The van der Waals surface area contributed by atoms with Gasteiger partial charge >= 0.3 is 6.03 Å². The van der Waals surface area contributed by atoms with Gasteiger partial charge in [0, 0.05) is 48.7 Å². The fourth-order valence-corrected chi connectivity index (χ4v) is 3.74. The number of carbonyl (C=O) groups excluding carboxylic acids is 1. The molecule has 2 amide bonds. The van der Waals surface area contributed by atoms with Gasteiger partial charge < -0.3 is 14.8 Å². The van der Waals surface area contributed by atoms with Gasteiger partial charge in [-0.15, -0.1) is 0 Å². The second-order valence-corrected chi connectivity index (χ2v) is 7.36. The highest BCUT2D eigenvalue weighted by molar-refractivity contribution is 5.93. The number of rotatable bonds is 3. The Labute approximate surface area is 165 Å². The van der Waals surface area contributed by atoms with E-state index in [0.29, 0.717) is 13.1 Å². The minimum atomic E-state index is -0.0452. The van der Waals surface area contributed by atoms with Crippen LogP contribution in [0.3, 0.4) is 0 Å². The van der Waals surface area contributed by atoms with Crippen LogP contribution in [0.4, 0.5) is 10.5 Å². The van der Waals surface area contributed by atoms with Crippen molar-refractivity contribution >= 4 is 28.3 Å². The van der Waals surface area contributed by atoms with E-state index in [4.69, 9.17) is 0 Å². The topological polar surface area (TPSA) is 50.2 Å². The lowest BCUT2D eigenvalue weighted by Crippen LogP contribution is -2.37. The molecule has 4 rings (SSSR count). The van der Waals surface area contributed by atoms with Crippen molar-refractivity contribution in [3.05, 3.63) is 65.5 Å². The lowest BCUT2D eigenvalue weighted by Gasteiger charge is -2.26. The molecule has 0 fully saturated rings. The fourth-order valence-electron chi connectivity index (χ4n) is 3.74. The lowest BCUT2D eigenvalue weighted by atomic mass is 10.00. The second-order valence-electron chi connectivity index (χ2n) is 7.36. The fraction of sp³-hybridized carbons (Fsp3) is 0.304. The SMILES string of the molecule is CCn1cc(C2=CCN(C(=O)Nc3ccc(C)c(C)c3)CC2)c2cccnc21. The predicted molar refractivity (Wildman–Crippen MR) is 115 cm³/mol. The molecule has 5 heteroatoms. The van der Waals surface area contributed by atoms with Gasteiger partial charge in [-0.25, -0.2) is 9.78 Å². The predicted octanol–water partition coefficient (Wildman–Crippen LogP) is 4.99. The number of fused-ring (bicyclic) bond motifs is 1. The third-order valence-electron chi connectivity index (χ3n) is 5.58.